The molecule has 0 aliphatic rings. The monoisotopic (exact) mass is 332 g/mol. The maximum absolute atomic E-state index is 11.7. The van der Waals surface area contributed by atoms with Gasteiger partial charge in [-0.3, -0.25) is 4.79 Å². The van der Waals surface area contributed by atoms with Gasteiger partial charge in [-0.15, -0.1) is 0 Å². The lowest BCUT2D eigenvalue weighted by Crippen LogP contribution is -2.39. The molecular formula is C14H21ClN2O3S. The Hall–Kier alpha value is -1.11. The molecule has 0 unspecified atom stereocenters. The number of halogens is 1. The summed E-state index contributed by atoms with van der Waals surface area (Å²) in [7, 11) is -3.29. The summed E-state index contributed by atoms with van der Waals surface area (Å²) in [4.78, 5) is 11.2. The molecule has 0 bridgehead atoms. The average molecular weight is 333 g/mol. The first kappa shape index (κ1) is 17.9. The maximum Gasteiger partial charge on any atom is 0.219 e. The Morgan fingerprint density at radius 1 is 1.24 bits per heavy atom. The molecule has 0 atom stereocenters. The molecule has 0 aromatic heterocycles. The van der Waals surface area contributed by atoms with Crippen LogP contribution in [0.15, 0.2) is 24.3 Å². The lowest BCUT2D eigenvalue weighted by Gasteiger charge is -2.20. The lowest BCUT2D eigenvalue weighted by atomic mass is 10.1. The second kappa shape index (κ2) is 8.36. The minimum atomic E-state index is -3.29. The summed E-state index contributed by atoms with van der Waals surface area (Å²) in [5.74, 6) is -0.0823. The zero-order valence-electron chi connectivity index (χ0n) is 12.3. The highest BCUT2D eigenvalue weighted by molar-refractivity contribution is 7.88. The first-order chi connectivity index (χ1) is 9.82. The number of hydrogen-bond acceptors (Lipinski definition) is 3. The van der Waals surface area contributed by atoms with E-state index in [-0.39, 0.29) is 12.5 Å². The molecule has 21 heavy (non-hydrogen) atoms. The highest BCUT2D eigenvalue weighted by atomic mass is 35.5. The minimum absolute atomic E-state index is 0.0823. The topological polar surface area (TPSA) is 66.5 Å². The van der Waals surface area contributed by atoms with Crippen molar-refractivity contribution >= 4 is 27.5 Å². The third-order valence-electron chi connectivity index (χ3n) is 3.04. The number of benzene rings is 1. The van der Waals surface area contributed by atoms with E-state index < -0.39 is 10.0 Å². The molecule has 1 aromatic rings. The van der Waals surface area contributed by atoms with Crippen molar-refractivity contribution in [2.24, 2.45) is 0 Å². The van der Waals surface area contributed by atoms with Crippen molar-refractivity contribution in [3.05, 3.63) is 34.9 Å². The number of rotatable bonds is 8. The SMILES string of the molecule is CCC(=O)NCCN(CCc1ccc(Cl)cc1)S(C)(=O)=O. The molecule has 1 rings (SSSR count). The Kier molecular flexibility index (Phi) is 7.14. The number of carbonyl (C=O) groups is 1. The van der Waals surface area contributed by atoms with Gasteiger partial charge in [-0.05, 0) is 24.1 Å². The van der Waals surface area contributed by atoms with E-state index in [2.05, 4.69) is 5.32 Å². The summed E-state index contributed by atoms with van der Waals surface area (Å²) in [6.07, 6.45) is 2.17. The third kappa shape index (κ3) is 6.93. The van der Waals surface area contributed by atoms with E-state index in [1.165, 1.54) is 10.6 Å². The van der Waals surface area contributed by atoms with Crippen LogP contribution in [-0.4, -0.2) is 44.5 Å². The van der Waals surface area contributed by atoms with Gasteiger partial charge in [0.2, 0.25) is 15.9 Å². The van der Waals surface area contributed by atoms with E-state index >= 15 is 0 Å². The van der Waals surface area contributed by atoms with Gasteiger partial charge in [0.15, 0.2) is 0 Å². The van der Waals surface area contributed by atoms with Crippen LogP contribution in [0.25, 0.3) is 0 Å². The quantitative estimate of drug-likeness (QED) is 0.787. The van der Waals surface area contributed by atoms with E-state index in [9.17, 15) is 13.2 Å². The van der Waals surface area contributed by atoms with Gasteiger partial charge in [0, 0.05) is 31.1 Å². The standard InChI is InChI=1S/C14H21ClN2O3S/c1-3-14(18)16-9-11-17(21(2,19)20)10-8-12-4-6-13(15)7-5-12/h4-7H,3,8-11H2,1-2H3,(H,16,18). The van der Waals surface area contributed by atoms with Gasteiger partial charge in [-0.1, -0.05) is 30.7 Å². The number of carbonyl (C=O) groups excluding carboxylic acids is 1. The first-order valence-corrected chi connectivity index (χ1v) is 9.02. The van der Waals surface area contributed by atoms with Gasteiger partial charge in [-0.2, -0.15) is 0 Å². The summed E-state index contributed by atoms with van der Waals surface area (Å²) in [6, 6.07) is 7.32. The lowest BCUT2D eigenvalue weighted by molar-refractivity contribution is -0.120. The Balaban J connectivity index is 2.54. The molecule has 0 spiro atoms. The molecule has 0 heterocycles. The molecule has 0 aliphatic heterocycles. The molecule has 1 aromatic carbocycles. The van der Waals surface area contributed by atoms with E-state index in [0.29, 0.717) is 31.0 Å². The summed E-state index contributed by atoms with van der Waals surface area (Å²) in [5.41, 5.74) is 1.02. The highest BCUT2D eigenvalue weighted by Crippen LogP contribution is 2.11. The van der Waals surface area contributed by atoms with Crippen molar-refractivity contribution < 1.29 is 13.2 Å². The van der Waals surface area contributed by atoms with Crippen molar-refractivity contribution in [2.45, 2.75) is 19.8 Å². The molecule has 0 aliphatic carbocycles. The van der Waals surface area contributed by atoms with E-state index in [1.807, 2.05) is 12.1 Å². The Labute approximate surface area is 131 Å². The van der Waals surface area contributed by atoms with Crippen LogP contribution in [0.5, 0.6) is 0 Å². The van der Waals surface area contributed by atoms with Crippen LogP contribution in [0.3, 0.4) is 0 Å². The Bertz CT molecular complexity index is 558. The van der Waals surface area contributed by atoms with Crippen LogP contribution >= 0.6 is 11.6 Å². The van der Waals surface area contributed by atoms with Gasteiger partial charge in [0.05, 0.1) is 6.26 Å². The minimum Gasteiger partial charge on any atom is -0.355 e. The molecule has 0 saturated carbocycles. The second-order valence-corrected chi connectivity index (χ2v) is 7.16. The molecule has 1 amide bonds. The summed E-state index contributed by atoms with van der Waals surface area (Å²) < 4.78 is 24.9. The molecule has 7 heteroatoms. The Morgan fingerprint density at radius 2 is 1.86 bits per heavy atom. The number of nitrogens with zero attached hydrogens (tertiary/aromatic N) is 1. The van der Waals surface area contributed by atoms with Crippen molar-refractivity contribution in [2.75, 3.05) is 25.9 Å². The molecule has 5 nitrogen and oxygen atoms in total. The van der Waals surface area contributed by atoms with Gasteiger partial charge < -0.3 is 5.32 Å². The van der Waals surface area contributed by atoms with Gasteiger partial charge >= 0.3 is 0 Å². The van der Waals surface area contributed by atoms with Crippen LogP contribution in [-0.2, 0) is 21.2 Å². The maximum atomic E-state index is 11.7. The van der Waals surface area contributed by atoms with Crippen LogP contribution in [0.1, 0.15) is 18.9 Å². The summed E-state index contributed by atoms with van der Waals surface area (Å²) >= 11 is 5.81. The van der Waals surface area contributed by atoms with Crippen molar-refractivity contribution in [3.63, 3.8) is 0 Å². The van der Waals surface area contributed by atoms with Gasteiger partial charge in [0.1, 0.15) is 0 Å². The zero-order chi connectivity index (χ0) is 15.9. The molecule has 1 N–H and O–H groups in total. The van der Waals surface area contributed by atoms with Crippen molar-refractivity contribution in [1.82, 2.24) is 9.62 Å². The predicted octanol–water partition coefficient (Wildman–Crippen LogP) is 1.67. The van der Waals surface area contributed by atoms with Gasteiger partial charge in [0.25, 0.3) is 0 Å². The number of nitrogens with one attached hydrogen (secondary N) is 1. The van der Waals surface area contributed by atoms with E-state index in [0.717, 1.165) is 5.56 Å². The molecule has 118 valence electrons. The summed E-state index contributed by atoms with van der Waals surface area (Å²) in [6.45, 7) is 2.73. The van der Waals surface area contributed by atoms with Crippen LogP contribution in [0.4, 0.5) is 0 Å². The van der Waals surface area contributed by atoms with Crippen LogP contribution in [0, 0.1) is 0 Å². The third-order valence-corrected chi connectivity index (χ3v) is 4.59. The largest absolute Gasteiger partial charge is 0.355 e. The van der Waals surface area contributed by atoms with E-state index in [4.69, 9.17) is 11.6 Å². The first-order valence-electron chi connectivity index (χ1n) is 6.79. The fourth-order valence-electron chi connectivity index (χ4n) is 1.79. The number of amides is 1. The van der Waals surface area contributed by atoms with Crippen molar-refractivity contribution in [3.8, 4) is 0 Å². The molecule has 0 radical (unpaired) electrons. The van der Waals surface area contributed by atoms with Gasteiger partial charge in [-0.25, -0.2) is 12.7 Å². The van der Waals surface area contributed by atoms with Crippen LogP contribution < -0.4 is 5.32 Å². The van der Waals surface area contributed by atoms with Crippen LogP contribution in [0.2, 0.25) is 5.02 Å². The smallest absolute Gasteiger partial charge is 0.219 e. The molecule has 0 fully saturated rings. The summed E-state index contributed by atoms with van der Waals surface area (Å²) in [5, 5.41) is 3.33. The fourth-order valence-corrected chi connectivity index (χ4v) is 2.77. The zero-order valence-corrected chi connectivity index (χ0v) is 13.9. The number of sulfonamides is 1. The highest BCUT2D eigenvalue weighted by Gasteiger charge is 2.16. The normalized spacial score (nSPS) is 11.6. The van der Waals surface area contributed by atoms with Crippen molar-refractivity contribution in [1.29, 1.82) is 0 Å². The second-order valence-electron chi connectivity index (χ2n) is 4.74. The average Bonchev–Trinajstić information content (AvgIpc) is 2.42. The predicted molar refractivity (Wildman–Crippen MR) is 84.9 cm³/mol. The fraction of sp³-hybridized carbons (Fsp3) is 0.500. The number of hydrogen-bond donors (Lipinski definition) is 1. The Morgan fingerprint density at radius 3 is 2.38 bits per heavy atom. The molecular weight excluding hydrogens is 312 g/mol. The van der Waals surface area contributed by atoms with E-state index in [1.54, 1.807) is 19.1 Å². The molecule has 0 saturated heterocycles.